The minimum absolute atomic E-state index is 0.166. The second-order valence-corrected chi connectivity index (χ2v) is 5.39. The van der Waals surface area contributed by atoms with Crippen molar-refractivity contribution in [2.75, 3.05) is 0 Å². The van der Waals surface area contributed by atoms with Crippen LogP contribution in [0.25, 0.3) is 10.4 Å². The second kappa shape index (κ2) is 5.38. The van der Waals surface area contributed by atoms with Gasteiger partial charge in [0.1, 0.15) is 5.60 Å². The van der Waals surface area contributed by atoms with E-state index in [1.165, 1.54) is 0 Å². The lowest BCUT2D eigenvalue weighted by atomic mass is 10.0. The summed E-state index contributed by atoms with van der Waals surface area (Å²) in [6.07, 6.45) is 0.747. The highest BCUT2D eigenvalue weighted by Gasteiger charge is 2.36. The van der Waals surface area contributed by atoms with Crippen LogP contribution in [0.5, 0.6) is 0 Å². The first-order valence-corrected chi connectivity index (χ1v) is 5.77. The molecular formula is C11H19N3O3. The number of carbonyl (C=O) groups excluding carboxylic acids is 1. The number of ether oxygens (including phenoxy) is 1. The van der Waals surface area contributed by atoms with Crippen LogP contribution in [0.2, 0.25) is 0 Å². The molecule has 0 heterocycles. The summed E-state index contributed by atoms with van der Waals surface area (Å²) in [6, 6.07) is -0.410. The Labute approximate surface area is 101 Å². The van der Waals surface area contributed by atoms with Gasteiger partial charge in [0.15, 0.2) is 0 Å². The molecule has 0 saturated heterocycles. The molecule has 0 aromatic heterocycles. The minimum atomic E-state index is -0.738. The lowest BCUT2D eigenvalue weighted by Crippen LogP contribution is -2.29. The monoisotopic (exact) mass is 241 g/mol. The van der Waals surface area contributed by atoms with E-state index in [1.54, 1.807) is 20.8 Å². The SMILES string of the molecule is CC(C)(C)OC(=O)C[C@H]1CC[C@H](N=[N+]=[N-])[C@H]1O. The summed E-state index contributed by atoms with van der Waals surface area (Å²) in [5.74, 6) is -0.483. The molecule has 0 radical (unpaired) electrons. The molecule has 0 bridgehead atoms. The standard InChI is InChI=1S/C11H19N3O3/c1-11(2,3)17-9(15)6-7-4-5-8(10(7)16)13-14-12/h7-8,10,16H,4-6H2,1-3H3/t7-,8+,10+/m1/s1. The average Bonchev–Trinajstić information content (AvgIpc) is 2.47. The Bertz CT molecular complexity index is 331. The van der Waals surface area contributed by atoms with E-state index in [1.807, 2.05) is 0 Å². The molecule has 0 amide bonds. The van der Waals surface area contributed by atoms with Gasteiger partial charge < -0.3 is 9.84 Å². The number of hydrogen-bond acceptors (Lipinski definition) is 4. The van der Waals surface area contributed by atoms with E-state index in [2.05, 4.69) is 10.0 Å². The van der Waals surface area contributed by atoms with E-state index < -0.39 is 17.7 Å². The number of azide groups is 1. The number of aliphatic hydroxyl groups is 1. The summed E-state index contributed by atoms with van der Waals surface area (Å²) in [4.78, 5) is 14.3. The van der Waals surface area contributed by atoms with Crippen molar-refractivity contribution in [2.24, 2.45) is 11.0 Å². The Kier molecular flexibility index (Phi) is 4.37. The third-order valence-corrected chi connectivity index (χ3v) is 2.76. The highest BCUT2D eigenvalue weighted by Crippen LogP contribution is 2.31. The van der Waals surface area contributed by atoms with Crippen LogP contribution in [-0.2, 0) is 9.53 Å². The third-order valence-electron chi connectivity index (χ3n) is 2.76. The van der Waals surface area contributed by atoms with Gasteiger partial charge in [0, 0.05) is 4.91 Å². The zero-order valence-corrected chi connectivity index (χ0v) is 10.5. The van der Waals surface area contributed by atoms with Gasteiger partial charge >= 0.3 is 5.97 Å². The van der Waals surface area contributed by atoms with E-state index in [-0.39, 0.29) is 18.3 Å². The molecule has 1 rings (SSSR count). The van der Waals surface area contributed by atoms with Crippen molar-refractivity contribution in [3.05, 3.63) is 10.4 Å². The van der Waals surface area contributed by atoms with Crippen molar-refractivity contribution >= 4 is 5.97 Å². The maximum atomic E-state index is 11.6. The molecular weight excluding hydrogens is 222 g/mol. The van der Waals surface area contributed by atoms with Crippen molar-refractivity contribution in [1.29, 1.82) is 0 Å². The fraction of sp³-hybridized carbons (Fsp3) is 0.909. The van der Waals surface area contributed by atoms with Gasteiger partial charge in [-0.15, -0.1) is 0 Å². The average molecular weight is 241 g/mol. The number of carbonyl (C=O) groups is 1. The minimum Gasteiger partial charge on any atom is -0.460 e. The first-order valence-electron chi connectivity index (χ1n) is 5.77. The lowest BCUT2D eigenvalue weighted by molar-refractivity contribution is -0.156. The Morgan fingerprint density at radius 3 is 2.71 bits per heavy atom. The number of esters is 1. The van der Waals surface area contributed by atoms with Crippen molar-refractivity contribution in [1.82, 2.24) is 0 Å². The Hall–Kier alpha value is -1.26. The summed E-state index contributed by atoms with van der Waals surface area (Å²) >= 11 is 0. The van der Waals surface area contributed by atoms with Crippen LogP contribution in [0.3, 0.4) is 0 Å². The zero-order chi connectivity index (χ0) is 13.1. The topological polar surface area (TPSA) is 95.3 Å². The summed E-state index contributed by atoms with van der Waals surface area (Å²) in [5, 5.41) is 13.4. The van der Waals surface area contributed by atoms with Gasteiger partial charge in [-0.05, 0) is 45.1 Å². The predicted molar refractivity (Wildman–Crippen MR) is 62.1 cm³/mol. The Morgan fingerprint density at radius 1 is 1.53 bits per heavy atom. The molecule has 0 aromatic rings. The van der Waals surface area contributed by atoms with Crippen LogP contribution < -0.4 is 0 Å². The highest BCUT2D eigenvalue weighted by atomic mass is 16.6. The number of aliphatic hydroxyl groups excluding tert-OH is 1. The van der Waals surface area contributed by atoms with Crippen molar-refractivity contribution < 1.29 is 14.6 Å². The summed E-state index contributed by atoms with van der Waals surface area (Å²) < 4.78 is 5.19. The Morgan fingerprint density at radius 2 is 2.18 bits per heavy atom. The quantitative estimate of drug-likeness (QED) is 0.355. The van der Waals surface area contributed by atoms with Crippen molar-refractivity contribution in [3.63, 3.8) is 0 Å². The van der Waals surface area contributed by atoms with Gasteiger partial charge in [0.05, 0.1) is 18.6 Å². The number of hydrogen-bond donors (Lipinski definition) is 1. The van der Waals surface area contributed by atoms with E-state index in [0.29, 0.717) is 12.8 Å². The normalized spacial score (nSPS) is 28.6. The Balaban J connectivity index is 2.48. The van der Waals surface area contributed by atoms with Crippen molar-refractivity contribution in [3.8, 4) is 0 Å². The van der Waals surface area contributed by atoms with Gasteiger partial charge in [-0.25, -0.2) is 0 Å². The molecule has 1 N–H and O–H groups in total. The van der Waals surface area contributed by atoms with Crippen LogP contribution in [-0.4, -0.2) is 28.8 Å². The molecule has 6 heteroatoms. The van der Waals surface area contributed by atoms with Gasteiger partial charge in [0.2, 0.25) is 0 Å². The largest absolute Gasteiger partial charge is 0.460 e. The molecule has 0 spiro atoms. The van der Waals surface area contributed by atoms with Crippen LogP contribution in [0.1, 0.15) is 40.0 Å². The number of rotatable bonds is 3. The van der Waals surface area contributed by atoms with E-state index >= 15 is 0 Å². The van der Waals surface area contributed by atoms with Crippen LogP contribution >= 0.6 is 0 Å². The first-order chi connectivity index (χ1) is 7.83. The molecule has 1 aliphatic carbocycles. The fourth-order valence-electron chi connectivity index (χ4n) is 2.05. The van der Waals surface area contributed by atoms with Crippen molar-refractivity contribution in [2.45, 2.75) is 57.8 Å². The van der Waals surface area contributed by atoms with Gasteiger partial charge in [-0.1, -0.05) is 5.11 Å². The first kappa shape index (κ1) is 13.8. The molecule has 1 saturated carbocycles. The summed E-state index contributed by atoms with van der Waals surface area (Å²) in [5.41, 5.74) is 7.81. The van der Waals surface area contributed by atoms with Gasteiger partial charge in [-0.3, -0.25) is 4.79 Å². The predicted octanol–water partition coefficient (Wildman–Crippen LogP) is 2.17. The van der Waals surface area contributed by atoms with Crippen LogP contribution in [0.4, 0.5) is 0 Å². The van der Waals surface area contributed by atoms with Gasteiger partial charge in [-0.2, -0.15) is 0 Å². The summed E-state index contributed by atoms with van der Waals surface area (Å²) in [7, 11) is 0. The highest BCUT2D eigenvalue weighted by molar-refractivity contribution is 5.70. The third kappa shape index (κ3) is 4.24. The maximum Gasteiger partial charge on any atom is 0.306 e. The molecule has 1 fully saturated rings. The second-order valence-electron chi connectivity index (χ2n) is 5.39. The van der Waals surface area contributed by atoms with Crippen LogP contribution in [0.15, 0.2) is 5.11 Å². The van der Waals surface area contributed by atoms with Crippen LogP contribution in [0, 0.1) is 5.92 Å². The maximum absolute atomic E-state index is 11.6. The van der Waals surface area contributed by atoms with E-state index in [0.717, 1.165) is 0 Å². The fourth-order valence-corrected chi connectivity index (χ4v) is 2.05. The number of nitrogens with zero attached hydrogens (tertiary/aromatic N) is 3. The van der Waals surface area contributed by atoms with Gasteiger partial charge in [0.25, 0.3) is 0 Å². The molecule has 1 aliphatic rings. The molecule has 0 unspecified atom stereocenters. The summed E-state index contributed by atoms with van der Waals surface area (Å²) in [6.45, 7) is 5.41. The molecule has 0 aliphatic heterocycles. The smallest absolute Gasteiger partial charge is 0.306 e. The zero-order valence-electron chi connectivity index (χ0n) is 10.5. The van der Waals surface area contributed by atoms with E-state index in [4.69, 9.17) is 10.3 Å². The van der Waals surface area contributed by atoms with E-state index in [9.17, 15) is 9.90 Å². The molecule has 3 atom stereocenters. The molecule has 17 heavy (non-hydrogen) atoms. The molecule has 0 aromatic carbocycles. The lowest BCUT2D eigenvalue weighted by Gasteiger charge is -2.22. The molecule has 96 valence electrons. The molecule has 6 nitrogen and oxygen atoms in total.